The minimum atomic E-state index is 0. The normalized spacial score (nSPS) is 16.8. The fourth-order valence-corrected chi connectivity index (χ4v) is 3.40. The van der Waals surface area contributed by atoms with Gasteiger partial charge in [-0.15, -0.1) is 24.8 Å². The zero-order valence-corrected chi connectivity index (χ0v) is 16.5. The minimum Gasteiger partial charge on any atom is -0.314 e. The van der Waals surface area contributed by atoms with Gasteiger partial charge in [-0.3, -0.25) is 4.90 Å². The van der Waals surface area contributed by atoms with Crippen molar-refractivity contribution < 1.29 is 0 Å². The molecular weight excluding hydrogens is 387 g/mol. The highest BCUT2D eigenvalue weighted by Gasteiger charge is 2.28. The van der Waals surface area contributed by atoms with Gasteiger partial charge in [-0.05, 0) is 12.3 Å². The van der Waals surface area contributed by atoms with Crippen LogP contribution < -0.4 is 5.32 Å². The molecule has 22 heavy (non-hydrogen) atoms. The first-order valence-corrected chi connectivity index (χ1v) is 8.08. The average Bonchev–Trinajstić information content (AvgIpc) is 2.43. The number of rotatable bonds is 4. The lowest BCUT2D eigenvalue weighted by Crippen LogP contribution is -2.45. The highest BCUT2D eigenvalue weighted by atomic mass is 35.5. The van der Waals surface area contributed by atoms with Crippen molar-refractivity contribution in [3.63, 3.8) is 0 Å². The molecule has 0 bridgehead atoms. The molecule has 8 heteroatoms. The molecule has 1 fully saturated rings. The van der Waals surface area contributed by atoms with Gasteiger partial charge in [0, 0.05) is 44.0 Å². The fourth-order valence-electron chi connectivity index (χ4n) is 2.65. The van der Waals surface area contributed by atoms with E-state index in [1.807, 2.05) is 0 Å². The molecule has 0 spiro atoms. The molecule has 1 aliphatic rings. The highest BCUT2D eigenvalue weighted by molar-refractivity contribution is 6.43. The van der Waals surface area contributed by atoms with Crippen LogP contribution in [0.1, 0.15) is 31.9 Å². The van der Waals surface area contributed by atoms with E-state index in [1.165, 1.54) is 0 Å². The van der Waals surface area contributed by atoms with Crippen LogP contribution in [0, 0.1) is 5.92 Å². The summed E-state index contributed by atoms with van der Waals surface area (Å²) in [4.78, 5) is 6.45. The summed E-state index contributed by atoms with van der Waals surface area (Å²) in [6, 6.07) is 0.192. The summed E-state index contributed by atoms with van der Waals surface area (Å²) in [5.41, 5.74) is 0.920. The van der Waals surface area contributed by atoms with Gasteiger partial charge >= 0.3 is 0 Å². The molecule has 1 N–H and O–H groups in total. The summed E-state index contributed by atoms with van der Waals surface area (Å²) in [6.07, 6.45) is 2.60. The van der Waals surface area contributed by atoms with E-state index in [-0.39, 0.29) is 30.9 Å². The molecule has 3 nitrogen and oxygen atoms in total. The molecule has 0 radical (unpaired) electrons. The van der Waals surface area contributed by atoms with Crippen LogP contribution in [0.15, 0.2) is 6.20 Å². The first-order chi connectivity index (χ1) is 9.50. The monoisotopic (exact) mass is 407 g/mol. The predicted molar refractivity (Wildman–Crippen MR) is 100 cm³/mol. The quantitative estimate of drug-likeness (QED) is 0.719. The molecule has 2 rings (SSSR count). The van der Waals surface area contributed by atoms with Crippen LogP contribution in [-0.4, -0.2) is 36.1 Å². The van der Waals surface area contributed by atoms with Gasteiger partial charge in [-0.2, -0.15) is 0 Å². The van der Waals surface area contributed by atoms with Crippen LogP contribution in [0.5, 0.6) is 0 Å². The Hall–Kier alpha value is 0.520. The number of piperazine rings is 1. The van der Waals surface area contributed by atoms with Gasteiger partial charge < -0.3 is 5.32 Å². The molecular formula is C14H22Cl5N3. The van der Waals surface area contributed by atoms with Gasteiger partial charge in [0.15, 0.2) is 0 Å². The Kier molecular flexibility index (Phi) is 10.6. The molecule has 1 aliphatic heterocycles. The summed E-state index contributed by atoms with van der Waals surface area (Å²) in [6.45, 7) is 8.37. The summed E-state index contributed by atoms with van der Waals surface area (Å²) >= 11 is 18.8. The molecule has 0 unspecified atom stereocenters. The second-order valence-corrected chi connectivity index (χ2v) is 6.70. The van der Waals surface area contributed by atoms with E-state index in [0.29, 0.717) is 21.1 Å². The number of hydrogen-bond donors (Lipinski definition) is 1. The van der Waals surface area contributed by atoms with Crippen LogP contribution in [-0.2, 0) is 0 Å². The van der Waals surface area contributed by atoms with E-state index in [2.05, 4.69) is 29.0 Å². The molecule has 128 valence electrons. The topological polar surface area (TPSA) is 28.2 Å². The first-order valence-electron chi connectivity index (χ1n) is 6.95. The van der Waals surface area contributed by atoms with E-state index in [9.17, 15) is 0 Å². The van der Waals surface area contributed by atoms with Crippen molar-refractivity contribution in [1.29, 1.82) is 0 Å². The molecule has 1 saturated heterocycles. The van der Waals surface area contributed by atoms with E-state index in [0.717, 1.165) is 38.2 Å². The average molecular weight is 410 g/mol. The van der Waals surface area contributed by atoms with Gasteiger partial charge in [-0.25, -0.2) is 4.98 Å². The number of aromatic nitrogens is 1. The molecule has 2 heterocycles. The van der Waals surface area contributed by atoms with Crippen molar-refractivity contribution in [2.75, 3.05) is 26.2 Å². The number of nitrogens with zero attached hydrogens (tertiary/aromatic N) is 2. The van der Waals surface area contributed by atoms with Crippen LogP contribution in [0.25, 0.3) is 0 Å². The van der Waals surface area contributed by atoms with Gasteiger partial charge in [0.1, 0.15) is 5.15 Å². The number of hydrogen-bond acceptors (Lipinski definition) is 3. The van der Waals surface area contributed by atoms with Crippen LogP contribution in [0.2, 0.25) is 15.2 Å². The number of halogens is 5. The second kappa shape index (κ2) is 10.4. The van der Waals surface area contributed by atoms with Crippen molar-refractivity contribution in [1.82, 2.24) is 15.2 Å². The van der Waals surface area contributed by atoms with Crippen molar-refractivity contribution in [3.8, 4) is 0 Å². The third-order valence-electron chi connectivity index (χ3n) is 3.59. The zero-order chi connectivity index (χ0) is 14.7. The largest absolute Gasteiger partial charge is 0.314 e. The van der Waals surface area contributed by atoms with E-state index < -0.39 is 0 Å². The maximum atomic E-state index is 6.37. The lowest BCUT2D eigenvalue weighted by Gasteiger charge is -2.37. The SMILES string of the molecule is CC(C)C[C@@H](c1c(Cl)cnc(Cl)c1Cl)N1CCNCC1.Cl.Cl. The molecule has 0 saturated carbocycles. The Morgan fingerprint density at radius 3 is 2.32 bits per heavy atom. The van der Waals surface area contributed by atoms with Gasteiger partial charge in [0.2, 0.25) is 0 Å². The van der Waals surface area contributed by atoms with Crippen LogP contribution >= 0.6 is 59.6 Å². The Morgan fingerprint density at radius 1 is 1.18 bits per heavy atom. The molecule has 0 aliphatic carbocycles. The summed E-state index contributed by atoms with van der Waals surface area (Å²) in [7, 11) is 0. The molecule has 0 aromatic carbocycles. The molecule has 0 amide bonds. The fraction of sp³-hybridized carbons (Fsp3) is 0.643. The van der Waals surface area contributed by atoms with Crippen molar-refractivity contribution in [3.05, 3.63) is 27.0 Å². The maximum absolute atomic E-state index is 6.37. The number of nitrogens with one attached hydrogen (secondary N) is 1. The maximum Gasteiger partial charge on any atom is 0.148 e. The van der Waals surface area contributed by atoms with Crippen molar-refractivity contribution in [2.45, 2.75) is 26.3 Å². The van der Waals surface area contributed by atoms with Gasteiger partial charge in [0.25, 0.3) is 0 Å². The van der Waals surface area contributed by atoms with E-state index in [1.54, 1.807) is 6.20 Å². The second-order valence-electron chi connectivity index (χ2n) is 5.56. The Balaban J connectivity index is 0.00000220. The smallest absolute Gasteiger partial charge is 0.148 e. The Labute approximate surface area is 159 Å². The molecule has 1 aromatic rings. The van der Waals surface area contributed by atoms with E-state index in [4.69, 9.17) is 34.8 Å². The lowest BCUT2D eigenvalue weighted by atomic mass is 9.95. The Bertz CT molecular complexity index is 464. The summed E-state index contributed by atoms with van der Waals surface area (Å²) in [5, 5.41) is 4.79. The Morgan fingerprint density at radius 2 is 1.77 bits per heavy atom. The van der Waals surface area contributed by atoms with Gasteiger partial charge in [-0.1, -0.05) is 48.7 Å². The van der Waals surface area contributed by atoms with Crippen molar-refractivity contribution in [2.24, 2.45) is 5.92 Å². The van der Waals surface area contributed by atoms with E-state index >= 15 is 0 Å². The van der Waals surface area contributed by atoms with Crippen LogP contribution in [0.4, 0.5) is 0 Å². The highest BCUT2D eigenvalue weighted by Crippen LogP contribution is 2.39. The van der Waals surface area contributed by atoms with Crippen molar-refractivity contribution >= 4 is 59.6 Å². The predicted octanol–water partition coefficient (Wildman–Crippen LogP) is 4.88. The molecule has 1 aromatic heterocycles. The lowest BCUT2D eigenvalue weighted by molar-refractivity contribution is 0.154. The third kappa shape index (κ3) is 5.55. The molecule has 1 atom stereocenters. The van der Waals surface area contributed by atoms with Gasteiger partial charge in [0.05, 0.1) is 10.0 Å². The zero-order valence-electron chi connectivity index (χ0n) is 12.6. The minimum absolute atomic E-state index is 0. The third-order valence-corrected chi connectivity index (χ3v) is 4.65. The first kappa shape index (κ1) is 22.5. The van der Waals surface area contributed by atoms with Crippen LogP contribution in [0.3, 0.4) is 0 Å². The standard InChI is InChI=1S/C14H20Cl3N3.2ClH/c1-9(2)7-11(20-5-3-18-4-6-20)12-10(15)8-19-14(17)13(12)16;;/h8-9,11,18H,3-7H2,1-2H3;2*1H/t11-;;/m0../s1. The number of pyridine rings is 1. The summed E-state index contributed by atoms with van der Waals surface area (Å²) in [5.74, 6) is 0.550. The summed E-state index contributed by atoms with van der Waals surface area (Å²) < 4.78 is 0.